The number of piperidine rings is 1. The average Bonchev–Trinajstić information content (AvgIpc) is 3.08. The van der Waals surface area contributed by atoms with Gasteiger partial charge < -0.3 is 14.4 Å². The minimum atomic E-state index is -0.838. The van der Waals surface area contributed by atoms with Crippen LogP contribution in [-0.2, 0) is 16.0 Å². The molecule has 2 atom stereocenters. The molecule has 1 aromatic heterocycles. The molecule has 26 heavy (non-hydrogen) atoms. The molecule has 1 aliphatic rings. The van der Waals surface area contributed by atoms with Crippen molar-refractivity contribution < 1.29 is 19.1 Å². The zero-order valence-corrected chi connectivity index (χ0v) is 15.3. The molecule has 2 unspecified atom stereocenters. The van der Waals surface area contributed by atoms with Gasteiger partial charge >= 0.3 is 5.97 Å². The van der Waals surface area contributed by atoms with Crippen LogP contribution in [0.1, 0.15) is 25.7 Å². The van der Waals surface area contributed by atoms with Crippen LogP contribution in [0.25, 0.3) is 11.3 Å². The smallest absolute Gasteiger partial charge is 0.308 e. The zero-order valence-electron chi connectivity index (χ0n) is 14.5. The van der Waals surface area contributed by atoms with Crippen molar-refractivity contribution in [2.75, 3.05) is 13.1 Å². The van der Waals surface area contributed by atoms with Crippen molar-refractivity contribution in [2.24, 2.45) is 11.8 Å². The molecule has 1 aliphatic heterocycles. The molecule has 0 bridgehead atoms. The molecule has 2 heterocycles. The fourth-order valence-electron chi connectivity index (χ4n) is 3.28. The van der Waals surface area contributed by atoms with Gasteiger partial charge in [0, 0.05) is 36.5 Å². The van der Waals surface area contributed by atoms with E-state index in [4.69, 9.17) is 16.0 Å². The number of aromatic nitrogens is 1. The molecule has 6 nitrogen and oxygen atoms in total. The summed E-state index contributed by atoms with van der Waals surface area (Å²) in [5.74, 6) is -0.0820. The predicted molar refractivity (Wildman–Crippen MR) is 96.8 cm³/mol. The molecule has 1 aromatic carbocycles. The van der Waals surface area contributed by atoms with Crippen LogP contribution in [0.5, 0.6) is 0 Å². The number of oxazole rings is 1. The Kier molecular flexibility index (Phi) is 5.61. The Labute approximate surface area is 156 Å². The molecule has 1 saturated heterocycles. The lowest BCUT2D eigenvalue weighted by molar-refractivity contribution is -0.146. The maximum absolute atomic E-state index is 12.4. The van der Waals surface area contributed by atoms with Crippen LogP contribution in [0, 0.1) is 11.8 Å². The van der Waals surface area contributed by atoms with Crippen molar-refractivity contribution in [1.82, 2.24) is 9.88 Å². The number of aryl methyl sites for hydroxylation is 1. The number of carbonyl (C=O) groups is 2. The molecule has 138 valence electrons. The topological polar surface area (TPSA) is 83.6 Å². The third-order valence-electron chi connectivity index (χ3n) is 4.60. The Morgan fingerprint density at radius 1 is 1.31 bits per heavy atom. The minimum Gasteiger partial charge on any atom is -0.481 e. The molecule has 3 rings (SSSR count). The number of hydrogen-bond donors (Lipinski definition) is 1. The normalized spacial score (nSPS) is 20.2. The third kappa shape index (κ3) is 4.43. The Morgan fingerprint density at radius 2 is 2.04 bits per heavy atom. The molecular formula is C19H21ClN2O4. The SMILES string of the molecule is CC1CC(C(=O)O)CN(C(=O)CCc2ncc(-c3ccc(Cl)cc3)o2)C1. The fraction of sp³-hybridized carbons (Fsp3) is 0.421. The van der Waals surface area contributed by atoms with Gasteiger partial charge in [-0.15, -0.1) is 0 Å². The second-order valence-electron chi connectivity index (χ2n) is 6.80. The predicted octanol–water partition coefficient (Wildman–Crippen LogP) is 3.50. The summed E-state index contributed by atoms with van der Waals surface area (Å²) in [6, 6.07) is 7.25. The summed E-state index contributed by atoms with van der Waals surface area (Å²) < 4.78 is 5.71. The lowest BCUT2D eigenvalue weighted by atomic mass is 9.90. The number of carbonyl (C=O) groups excluding carboxylic acids is 1. The number of carboxylic acid groups (broad SMARTS) is 1. The van der Waals surface area contributed by atoms with E-state index in [0.717, 1.165) is 5.56 Å². The Morgan fingerprint density at radius 3 is 2.73 bits per heavy atom. The van der Waals surface area contributed by atoms with Crippen LogP contribution in [0.4, 0.5) is 0 Å². The second-order valence-corrected chi connectivity index (χ2v) is 7.24. The molecule has 1 fully saturated rings. The van der Waals surface area contributed by atoms with E-state index in [1.165, 1.54) is 0 Å². The van der Waals surface area contributed by atoms with E-state index in [9.17, 15) is 14.7 Å². The molecule has 0 aliphatic carbocycles. The van der Waals surface area contributed by atoms with Crippen LogP contribution >= 0.6 is 11.6 Å². The summed E-state index contributed by atoms with van der Waals surface area (Å²) in [5.41, 5.74) is 0.869. The van der Waals surface area contributed by atoms with Crippen molar-refractivity contribution in [3.8, 4) is 11.3 Å². The van der Waals surface area contributed by atoms with Gasteiger partial charge in [0.2, 0.25) is 5.91 Å². The molecule has 0 radical (unpaired) electrons. The molecular weight excluding hydrogens is 356 g/mol. The van der Waals surface area contributed by atoms with E-state index in [0.29, 0.717) is 36.1 Å². The number of benzene rings is 1. The number of amides is 1. The molecule has 2 aromatic rings. The Balaban J connectivity index is 1.58. The number of halogens is 1. The van der Waals surface area contributed by atoms with Crippen LogP contribution < -0.4 is 0 Å². The van der Waals surface area contributed by atoms with Crippen molar-refractivity contribution in [1.29, 1.82) is 0 Å². The molecule has 0 saturated carbocycles. The van der Waals surface area contributed by atoms with Gasteiger partial charge in [-0.25, -0.2) is 4.98 Å². The summed E-state index contributed by atoms with van der Waals surface area (Å²) >= 11 is 5.88. The molecule has 1 N–H and O–H groups in total. The van der Waals surface area contributed by atoms with E-state index in [1.54, 1.807) is 23.2 Å². The van der Waals surface area contributed by atoms with Crippen molar-refractivity contribution in [2.45, 2.75) is 26.2 Å². The van der Waals surface area contributed by atoms with Crippen LogP contribution in [0.2, 0.25) is 5.02 Å². The Hall–Kier alpha value is -2.34. The first-order chi connectivity index (χ1) is 12.4. The summed E-state index contributed by atoms with van der Waals surface area (Å²) in [5, 5.41) is 9.87. The van der Waals surface area contributed by atoms with Gasteiger partial charge in [0.1, 0.15) is 0 Å². The van der Waals surface area contributed by atoms with Crippen LogP contribution in [-0.4, -0.2) is 40.0 Å². The number of aliphatic carboxylic acids is 1. The summed E-state index contributed by atoms with van der Waals surface area (Å²) in [7, 11) is 0. The molecule has 7 heteroatoms. The van der Waals surface area contributed by atoms with Crippen molar-refractivity contribution >= 4 is 23.5 Å². The number of nitrogens with zero attached hydrogens (tertiary/aromatic N) is 2. The van der Waals surface area contributed by atoms with Crippen LogP contribution in [0.15, 0.2) is 34.9 Å². The first-order valence-electron chi connectivity index (χ1n) is 8.63. The van der Waals surface area contributed by atoms with Crippen molar-refractivity contribution in [3.05, 3.63) is 41.4 Å². The number of rotatable bonds is 5. The lowest BCUT2D eigenvalue weighted by Crippen LogP contribution is -2.45. The highest BCUT2D eigenvalue weighted by Crippen LogP contribution is 2.24. The number of likely N-dealkylation sites (tertiary alicyclic amines) is 1. The summed E-state index contributed by atoms with van der Waals surface area (Å²) in [6.07, 6.45) is 2.88. The summed E-state index contributed by atoms with van der Waals surface area (Å²) in [4.78, 5) is 29.6. The quantitative estimate of drug-likeness (QED) is 0.863. The van der Waals surface area contributed by atoms with Crippen LogP contribution in [0.3, 0.4) is 0 Å². The highest BCUT2D eigenvalue weighted by atomic mass is 35.5. The molecule has 1 amide bonds. The van der Waals surface area contributed by atoms with Gasteiger partial charge in [-0.1, -0.05) is 18.5 Å². The van der Waals surface area contributed by atoms with Gasteiger partial charge in [-0.2, -0.15) is 0 Å². The number of carboxylic acids is 1. The van der Waals surface area contributed by atoms with E-state index >= 15 is 0 Å². The van der Waals surface area contributed by atoms with Crippen molar-refractivity contribution in [3.63, 3.8) is 0 Å². The van der Waals surface area contributed by atoms with Gasteiger partial charge in [-0.3, -0.25) is 9.59 Å². The largest absolute Gasteiger partial charge is 0.481 e. The maximum atomic E-state index is 12.4. The van der Waals surface area contributed by atoms with E-state index < -0.39 is 11.9 Å². The van der Waals surface area contributed by atoms with E-state index in [-0.39, 0.29) is 24.8 Å². The second kappa shape index (κ2) is 7.91. The highest BCUT2D eigenvalue weighted by molar-refractivity contribution is 6.30. The van der Waals surface area contributed by atoms with Gasteiger partial charge in [0.25, 0.3) is 0 Å². The zero-order chi connectivity index (χ0) is 18.7. The molecule has 0 spiro atoms. The third-order valence-corrected chi connectivity index (χ3v) is 4.85. The van der Waals surface area contributed by atoms with Gasteiger partial charge in [-0.05, 0) is 36.6 Å². The average molecular weight is 377 g/mol. The van der Waals surface area contributed by atoms with Gasteiger partial charge in [0.05, 0.1) is 12.1 Å². The van der Waals surface area contributed by atoms with Gasteiger partial charge in [0.15, 0.2) is 11.7 Å². The first kappa shape index (κ1) is 18.5. The van der Waals surface area contributed by atoms with E-state index in [2.05, 4.69) is 4.98 Å². The standard InChI is InChI=1S/C19H21ClN2O4/c1-12-8-14(19(24)25)11-22(10-12)18(23)7-6-17-21-9-16(26-17)13-2-4-15(20)5-3-13/h2-5,9,12,14H,6-8,10-11H2,1H3,(H,24,25). The maximum Gasteiger partial charge on any atom is 0.308 e. The minimum absolute atomic E-state index is 0.0611. The Bertz CT molecular complexity index is 787. The summed E-state index contributed by atoms with van der Waals surface area (Å²) in [6.45, 7) is 2.85. The lowest BCUT2D eigenvalue weighted by Gasteiger charge is -2.34. The fourth-order valence-corrected chi connectivity index (χ4v) is 3.41. The monoisotopic (exact) mass is 376 g/mol. The van der Waals surface area contributed by atoms with E-state index in [1.807, 2.05) is 19.1 Å². The number of hydrogen-bond acceptors (Lipinski definition) is 4. The first-order valence-corrected chi connectivity index (χ1v) is 9.01. The highest BCUT2D eigenvalue weighted by Gasteiger charge is 2.31.